The Bertz CT molecular complexity index is 239. The van der Waals surface area contributed by atoms with Crippen molar-refractivity contribution < 1.29 is 14.3 Å². The maximum absolute atomic E-state index is 10.7. The van der Waals surface area contributed by atoms with E-state index in [1.165, 1.54) is 0 Å². The fourth-order valence-corrected chi connectivity index (χ4v) is 0.617. The molecular formula is C10H12O3. The van der Waals surface area contributed by atoms with E-state index in [4.69, 9.17) is 4.74 Å². The summed E-state index contributed by atoms with van der Waals surface area (Å²) in [4.78, 5) is 20.6. The van der Waals surface area contributed by atoms with Gasteiger partial charge in [0.2, 0.25) is 0 Å². The number of ether oxygens (including phenoxy) is 1. The second-order valence-corrected chi connectivity index (χ2v) is 2.21. The van der Waals surface area contributed by atoms with Crippen LogP contribution in [0.3, 0.4) is 0 Å². The van der Waals surface area contributed by atoms with Crippen LogP contribution < -0.4 is 0 Å². The van der Waals surface area contributed by atoms with Crippen molar-refractivity contribution in [2.24, 2.45) is 0 Å². The third-order valence-corrected chi connectivity index (χ3v) is 1.24. The van der Waals surface area contributed by atoms with Crippen molar-refractivity contribution in [1.29, 1.82) is 0 Å². The summed E-state index contributed by atoms with van der Waals surface area (Å²) in [5, 5.41) is 0. The van der Waals surface area contributed by atoms with Gasteiger partial charge in [-0.05, 0) is 5.57 Å². The number of esters is 1. The first kappa shape index (κ1) is 11.4. The Morgan fingerprint density at radius 3 is 2.54 bits per heavy atom. The van der Waals surface area contributed by atoms with Gasteiger partial charge in [-0.15, -0.1) is 0 Å². The monoisotopic (exact) mass is 180 g/mol. The van der Waals surface area contributed by atoms with Crippen molar-refractivity contribution >= 4 is 12.3 Å². The molecule has 0 saturated heterocycles. The fourth-order valence-electron chi connectivity index (χ4n) is 0.617. The molecule has 70 valence electrons. The number of rotatable bonds is 6. The minimum atomic E-state index is -0.535. The molecule has 0 radical (unpaired) electrons. The van der Waals surface area contributed by atoms with Gasteiger partial charge in [-0.2, -0.15) is 0 Å². The molecule has 0 aromatic rings. The molecule has 13 heavy (non-hydrogen) atoms. The van der Waals surface area contributed by atoms with Crippen LogP contribution in [0, 0.1) is 0 Å². The zero-order valence-corrected chi connectivity index (χ0v) is 7.36. The first-order valence-electron chi connectivity index (χ1n) is 3.78. The number of hydrogen-bond donors (Lipinski definition) is 0. The molecule has 3 heteroatoms. The summed E-state index contributed by atoms with van der Waals surface area (Å²) in [6.45, 7) is 7.14. The van der Waals surface area contributed by atoms with Crippen LogP contribution in [0.15, 0.2) is 37.0 Å². The minimum Gasteiger partial charge on any atom is -0.460 e. The van der Waals surface area contributed by atoms with Crippen molar-refractivity contribution in [2.45, 2.75) is 6.42 Å². The molecule has 0 aliphatic carbocycles. The van der Waals surface area contributed by atoms with Gasteiger partial charge < -0.3 is 9.53 Å². The van der Waals surface area contributed by atoms with E-state index in [0.717, 1.165) is 5.57 Å². The van der Waals surface area contributed by atoms with Gasteiger partial charge in [-0.1, -0.05) is 31.4 Å². The Kier molecular flexibility index (Phi) is 6.15. The molecule has 0 unspecified atom stereocenters. The van der Waals surface area contributed by atoms with Crippen LogP contribution >= 0.6 is 0 Å². The van der Waals surface area contributed by atoms with E-state index in [0.29, 0.717) is 6.29 Å². The summed E-state index contributed by atoms with van der Waals surface area (Å²) in [6, 6.07) is 0. The Balaban J connectivity index is 3.91. The van der Waals surface area contributed by atoms with Gasteiger partial charge in [0.05, 0.1) is 0 Å². The third-order valence-electron chi connectivity index (χ3n) is 1.24. The second-order valence-electron chi connectivity index (χ2n) is 2.21. The van der Waals surface area contributed by atoms with Crippen molar-refractivity contribution in [3.63, 3.8) is 0 Å². The van der Waals surface area contributed by atoms with Gasteiger partial charge in [-0.3, -0.25) is 4.79 Å². The maximum atomic E-state index is 10.7. The van der Waals surface area contributed by atoms with E-state index in [1.807, 2.05) is 0 Å². The number of allylic oxidation sites excluding steroid dienone is 2. The molecule has 0 aromatic heterocycles. The SMILES string of the molecule is C=C/C=C(\C=C)COC(=O)CC=O. The number of carbonyl (C=O) groups excluding carboxylic acids is 2. The molecule has 0 spiro atoms. The average molecular weight is 180 g/mol. The number of carbonyl (C=O) groups is 2. The molecule has 0 aliphatic heterocycles. The van der Waals surface area contributed by atoms with Crippen molar-refractivity contribution in [2.75, 3.05) is 6.61 Å². The van der Waals surface area contributed by atoms with Crippen molar-refractivity contribution in [3.8, 4) is 0 Å². The molecule has 3 nitrogen and oxygen atoms in total. The van der Waals surface area contributed by atoms with E-state index < -0.39 is 5.97 Å². The van der Waals surface area contributed by atoms with E-state index in [-0.39, 0.29) is 13.0 Å². The Labute approximate surface area is 77.4 Å². The van der Waals surface area contributed by atoms with Crippen LogP contribution in [0.5, 0.6) is 0 Å². The highest BCUT2D eigenvalue weighted by Gasteiger charge is 2.00. The highest BCUT2D eigenvalue weighted by atomic mass is 16.5. The average Bonchev–Trinajstić information content (AvgIpc) is 2.12. The molecule has 0 aliphatic rings. The molecule has 0 rings (SSSR count). The topological polar surface area (TPSA) is 43.4 Å². The standard InChI is InChI=1S/C10H12O3/c1-3-5-9(4-2)8-13-10(12)6-7-11/h3-5,7H,1-2,6,8H2/b9-5+. The van der Waals surface area contributed by atoms with Gasteiger partial charge in [0, 0.05) is 0 Å². The summed E-state index contributed by atoms with van der Waals surface area (Å²) >= 11 is 0. The summed E-state index contributed by atoms with van der Waals surface area (Å²) in [7, 11) is 0. The minimum absolute atomic E-state index is 0.127. The number of aldehydes is 1. The van der Waals surface area contributed by atoms with Crippen LogP contribution in [-0.4, -0.2) is 18.9 Å². The lowest BCUT2D eigenvalue weighted by Gasteiger charge is -2.02. The lowest BCUT2D eigenvalue weighted by atomic mass is 10.2. The van der Waals surface area contributed by atoms with Crippen LogP contribution in [0.4, 0.5) is 0 Å². The van der Waals surface area contributed by atoms with Crippen LogP contribution in [0.1, 0.15) is 6.42 Å². The zero-order valence-electron chi connectivity index (χ0n) is 7.36. The number of hydrogen-bond acceptors (Lipinski definition) is 3. The molecule has 0 saturated carbocycles. The quantitative estimate of drug-likeness (QED) is 0.269. The largest absolute Gasteiger partial charge is 0.460 e. The third kappa shape index (κ3) is 5.61. The molecule has 0 N–H and O–H groups in total. The van der Waals surface area contributed by atoms with Gasteiger partial charge in [0.15, 0.2) is 0 Å². The van der Waals surface area contributed by atoms with Gasteiger partial charge >= 0.3 is 5.97 Å². The van der Waals surface area contributed by atoms with Gasteiger partial charge in [-0.25, -0.2) is 0 Å². The Morgan fingerprint density at radius 1 is 1.38 bits per heavy atom. The summed E-state index contributed by atoms with van der Waals surface area (Å²) in [5.41, 5.74) is 0.745. The first-order valence-corrected chi connectivity index (χ1v) is 3.78. The molecule has 0 heterocycles. The maximum Gasteiger partial charge on any atom is 0.313 e. The highest BCUT2D eigenvalue weighted by molar-refractivity contribution is 5.83. The summed E-state index contributed by atoms with van der Waals surface area (Å²) < 4.78 is 4.73. The van der Waals surface area contributed by atoms with Crippen molar-refractivity contribution in [1.82, 2.24) is 0 Å². The fraction of sp³-hybridized carbons (Fsp3) is 0.200. The first-order chi connectivity index (χ1) is 6.24. The Hall–Kier alpha value is -1.64. The van der Waals surface area contributed by atoms with Crippen LogP contribution in [0.25, 0.3) is 0 Å². The van der Waals surface area contributed by atoms with E-state index in [9.17, 15) is 9.59 Å². The summed E-state index contributed by atoms with van der Waals surface area (Å²) in [5.74, 6) is -0.535. The van der Waals surface area contributed by atoms with Crippen molar-refractivity contribution in [3.05, 3.63) is 37.0 Å². The molecular weight excluding hydrogens is 168 g/mol. The lowest BCUT2D eigenvalue weighted by Crippen LogP contribution is -2.06. The normalized spacial score (nSPS) is 10.3. The molecule has 0 amide bonds. The summed E-state index contributed by atoms with van der Waals surface area (Å²) in [6.07, 6.45) is 5.12. The molecule has 0 aromatic carbocycles. The predicted molar refractivity (Wildman–Crippen MR) is 50.1 cm³/mol. The van der Waals surface area contributed by atoms with Gasteiger partial charge in [0.1, 0.15) is 19.3 Å². The smallest absolute Gasteiger partial charge is 0.313 e. The van der Waals surface area contributed by atoms with Gasteiger partial charge in [0.25, 0.3) is 0 Å². The molecule has 0 bridgehead atoms. The lowest BCUT2D eigenvalue weighted by molar-refractivity contribution is -0.143. The van der Waals surface area contributed by atoms with E-state index >= 15 is 0 Å². The zero-order chi connectivity index (χ0) is 10.1. The predicted octanol–water partition coefficient (Wildman–Crippen LogP) is 1.42. The highest BCUT2D eigenvalue weighted by Crippen LogP contribution is 1.97. The second kappa shape index (κ2) is 7.03. The Morgan fingerprint density at radius 2 is 2.08 bits per heavy atom. The van der Waals surface area contributed by atoms with Crippen LogP contribution in [0.2, 0.25) is 0 Å². The van der Waals surface area contributed by atoms with E-state index in [1.54, 1.807) is 18.2 Å². The molecule has 0 atom stereocenters. The molecule has 0 fully saturated rings. The van der Waals surface area contributed by atoms with E-state index in [2.05, 4.69) is 13.2 Å². The van der Waals surface area contributed by atoms with Crippen LogP contribution in [-0.2, 0) is 14.3 Å².